The van der Waals surface area contributed by atoms with Crippen LogP contribution in [0.4, 0.5) is 17.1 Å². The first kappa shape index (κ1) is 72.4. The molecule has 131 heavy (non-hydrogen) atoms. The second-order valence-corrected chi connectivity index (χ2v) is 36.3. The number of carbonyl (C=O) groups is 1. The van der Waals surface area contributed by atoms with Crippen LogP contribution in [0.25, 0.3) is 115 Å². The van der Waals surface area contributed by atoms with Gasteiger partial charge in [-0.3, -0.25) is 4.79 Å². The van der Waals surface area contributed by atoms with E-state index in [2.05, 4.69) is 323 Å². The first-order chi connectivity index (χ1) is 68.1. The number of aliphatic hydroxyl groups excluding tert-OH is 1. The topological polar surface area (TPSA) is 79.2 Å². The van der Waals surface area contributed by atoms with E-state index in [1.165, 1.54) is 141 Å². The zero-order valence-corrected chi connectivity index (χ0v) is 79.2. The Morgan fingerprint density at radius 3 is 1.86 bits per heavy atom. The van der Waals surface area contributed by atoms with Crippen molar-refractivity contribution in [3.05, 3.63) is 465 Å². The average molecular weight is 2090 g/mol. The summed E-state index contributed by atoms with van der Waals surface area (Å²) in [7, 11) is 0. The molecule has 10 heterocycles. The summed E-state index contributed by atoms with van der Waals surface area (Å²) in [6.07, 6.45) is 6.85. The van der Waals surface area contributed by atoms with E-state index in [9.17, 15) is 6.17 Å². The number of rotatable bonds is 8. The summed E-state index contributed by atoms with van der Waals surface area (Å²) in [5, 5.41) is 17.6. The molecule has 1 unspecified atom stereocenters. The van der Waals surface area contributed by atoms with E-state index in [0.717, 1.165) is 62.8 Å². The van der Waals surface area contributed by atoms with Crippen molar-refractivity contribution in [3.8, 4) is 56.2 Å². The number of benzene rings is 14. The predicted octanol–water partition coefficient (Wildman–Crippen LogP) is 28.2. The first-order valence-electron chi connectivity index (χ1n) is 49.9. The molecule has 20 aromatic rings. The van der Waals surface area contributed by atoms with Gasteiger partial charge in [0, 0.05) is 92.5 Å². The van der Waals surface area contributed by atoms with Gasteiger partial charge in [0.1, 0.15) is 19.6 Å². The molecule has 11 heteroatoms. The first-order valence-corrected chi connectivity index (χ1v) is 44.3. The van der Waals surface area contributed by atoms with Gasteiger partial charge in [0.25, 0.3) is 5.65 Å². The fourth-order valence-electron chi connectivity index (χ4n) is 20.1. The van der Waals surface area contributed by atoms with Crippen molar-refractivity contribution >= 4 is 93.1 Å². The fourth-order valence-corrected chi connectivity index (χ4v) is 21.1. The van der Waals surface area contributed by atoms with Gasteiger partial charge < -0.3 is 20.0 Å². The molecule has 0 amide bonds. The molecular formula is C120H96IrN6O2PtS. The molecule has 25 rings (SSSR count). The molecule has 0 bridgehead atoms. The molecule has 14 aromatic carbocycles. The van der Waals surface area contributed by atoms with Crippen LogP contribution >= 0.6 is 11.3 Å². The minimum atomic E-state index is -2.91. The minimum Gasteiger partial charge on any atom is -0.512 e. The van der Waals surface area contributed by atoms with Gasteiger partial charge in [-0.05, 0) is 152 Å². The Morgan fingerprint density at radius 1 is 0.573 bits per heavy atom. The Morgan fingerprint density at radius 2 is 1.20 bits per heavy atom. The predicted molar refractivity (Wildman–Crippen MR) is 529 cm³/mol. The second-order valence-electron chi connectivity index (χ2n) is 35.4. The van der Waals surface area contributed by atoms with Gasteiger partial charge in [-0.2, -0.15) is 50.1 Å². The van der Waals surface area contributed by atoms with Crippen LogP contribution in [0.2, 0.25) is 0 Å². The van der Waals surface area contributed by atoms with Crippen molar-refractivity contribution in [3.63, 3.8) is 0 Å². The van der Waals surface area contributed by atoms with Crippen LogP contribution in [0.5, 0.6) is 0 Å². The van der Waals surface area contributed by atoms with E-state index < -0.39 is 35.3 Å². The number of fused-ring (bicyclic) bond motifs is 10. The van der Waals surface area contributed by atoms with Gasteiger partial charge in [0.05, 0.1) is 40.1 Å². The maximum absolute atomic E-state index is 10.0. The number of hydrogen-bond donors (Lipinski definition) is 1. The van der Waals surface area contributed by atoms with E-state index in [4.69, 9.17) is 31.5 Å². The quantitative estimate of drug-likeness (QED) is 0.0539. The third-order valence-corrected chi connectivity index (χ3v) is 27.0. The largest absolute Gasteiger partial charge is 2.00 e. The van der Waals surface area contributed by atoms with Crippen molar-refractivity contribution in [2.45, 2.75) is 111 Å². The van der Waals surface area contributed by atoms with Crippen LogP contribution in [0.1, 0.15) is 157 Å². The molecule has 0 saturated heterocycles. The van der Waals surface area contributed by atoms with E-state index in [1.54, 1.807) is 11.3 Å². The molecule has 0 saturated carbocycles. The van der Waals surface area contributed by atoms with E-state index in [-0.39, 0.29) is 163 Å². The van der Waals surface area contributed by atoms with Gasteiger partial charge in [-0.15, -0.1) is 76.0 Å². The number of thiophene rings is 1. The summed E-state index contributed by atoms with van der Waals surface area (Å²) in [4.78, 5) is 22.0. The number of pyridine rings is 4. The monoisotopic (exact) mass is 2090 g/mol. The van der Waals surface area contributed by atoms with E-state index >= 15 is 0 Å². The second kappa shape index (κ2) is 34.5. The maximum atomic E-state index is 10.0. The van der Waals surface area contributed by atoms with Crippen molar-refractivity contribution in [2.24, 2.45) is 0 Å². The number of aliphatic hydroxyl groups is 1. The average Bonchev–Trinajstić information content (AvgIpc) is 1.08. The number of para-hydroxylation sites is 1. The van der Waals surface area contributed by atoms with Crippen molar-refractivity contribution in [1.82, 2.24) is 14.5 Å². The SMILES string of the molecule is CC(=O)C=C(C)O.CC(C)(C)c1c[c-]c(-c2[c-]c3ccccc3c3sccc23)cc1.CC1(C)c2cccc3c2-c2c4c1cccc4cc[n+]2C3.CC1(c2ccccc2)c2ccc(-c3ccccn3)[c-]c2N2c3[c-]c(-c4ccccn4)ccc3C(c3ccccc3)(c3ccccc3)c3cccc1c32.[2H]c1c([2H])c(C)c(-c2c([2H])n3c4c5c(c([2H])c([2H])c([2H])c5c5c([2H])c(C)c([2H])c([2H])c5[n+]24)C3)c(C([2H])([2H])[2H])c1[2H].[Ir].[Pt+2]. The third-order valence-electron chi connectivity index (χ3n) is 26.1. The van der Waals surface area contributed by atoms with Crippen molar-refractivity contribution in [2.75, 3.05) is 4.90 Å². The number of carbonyl (C=O) groups excluding carboxylic acids is 1. The molecule has 8 nitrogen and oxygen atoms in total. The van der Waals surface area contributed by atoms with E-state index in [0.29, 0.717) is 10.9 Å². The van der Waals surface area contributed by atoms with E-state index in [1.807, 2.05) is 36.7 Å². The molecule has 1 aliphatic carbocycles. The van der Waals surface area contributed by atoms with Gasteiger partial charge in [-0.1, -0.05) is 300 Å². The minimum absolute atomic E-state index is 0. The van der Waals surface area contributed by atoms with Gasteiger partial charge >= 0.3 is 21.1 Å². The summed E-state index contributed by atoms with van der Waals surface area (Å²) < 4.78 is 118. The zero-order chi connectivity index (χ0) is 99.6. The summed E-state index contributed by atoms with van der Waals surface area (Å²) in [5.41, 5.74) is 25.2. The maximum Gasteiger partial charge on any atom is 2.00 e. The standard InChI is InChI=1S/C49H33N3.C25H21N2.C22H18S.C19H16N.C5H8O2.Ir.Pt/c1-48(36-16-5-2-6-17-36)39-28-26-34(43-24-11-13-30-50-43)32-45(39)52-46-33-35(44-25-12-14-31-51-44)27-29-40(46)49(37-18-7-3-8-19-37,38-20-9-4-10-21-38)42-23-15-22-41(48)47(42)52;1-15-10-11-21-20(12-15)19-9-5-8-18-13-26-14-22(27(21)25(26)24(18)19)23-16(2)6-4-7-17(23)3;1-22(2,3)17-10-8-15(9-11-17)20-14-16-6-4-5-7-18(16)21-19(20)12-13-23-21;1-19(2)14-7-3-5-12-9-10-20-11-13-6-4-8-15(19)17(13)18(20)16(12)14;1-4(6)3-5(2)7;;/h2-31H,1H3;4-12,14H,13H2,1-3H3;4-8,10-13H,1-3H3;3-10H,11H2,1-2H3;3,6H,1-2H3;;/q-2;+1;-2;+1;;;+2/i;2D3,4D,5D,6D,7D,8D,9D,10D,11D,12D,14D;;;;;. The zero-order valence-electron chi connectivity index (χ0n) is 86.7. The Balaban J connectivity index is 0.000000125. The Kier molecular flexibility index (Phi) is 19.0. The summed E-state index contributed by atoms with van der Waals surface area (Å²) in [6, 6.07) is 105. The molecule has 0 spiro atoms. The van der Waals surface area contributed by atoms with Gasteiger partial charge in [0.2, 0.25) is 5.69 Å². The van der Waals surface area contributed by atoms with Crippen molar-refractivity contribution in [1.29, 1.82) is 0 Å². The summed E-state index contributed by atoms with van der Waals surface area (Å²) in [6.45, 7) is 17.6. The fraction of sp³-hybridized carbons (Fsp3) is 0.142. The van der Waals surface area contributed by atoms with Crippen LogP contribution in [0.15, 0.2) is 357 Å². The van der Waals surface area contributed by atoms with Crippen LogP contribution < -0.4 is 13.9 Å². The molecule has 1 N–H and O–H groups in total. The molecule has 1 atom stereocenters. The number of imidazole rings is 1. The molecule has 0 fully saturated rings. The van der Waals surface area contributed by atoms with Crippen LogP contribution in [0.3, 0.4) is 0 Å². The molecule has 6 aromatic heterocycles. The van der Waals surface area contributed by atoms with Crippen LogP contribution in [0, 0.1) is 45.0 Å². The molecule has 1 radical (unpaired) electrons. The third kappa shape index (κ3) is 14.6. The normalized spacial score (nSPS) is 15.9. The Bertz CT molecular complexity index is 8660. The number of aromatic nitrogens is 5. The number of hydrogen-bond acceptors (Lipinski definition) is 6. The number of ketones is 1. The summed E-state index contributed by atoms with van der Waals surface area (Å²) in [5.74, 6) is -0.0625. The van der Waals surface area contributed by atoms with Crippen LogP contribution in [-0.2, 0) is 80.7 Å². The number of anilines is 3. The molecular weight excluding hydrogens is 1980 g/mol. The molecule has 4 aliphatic heterocycles. The van der Waals surface area contributed by atoms with Gasteiger partial charge in [-0.25, -0.2) is 10.1 Å². The number of nitrogens with zero attached hydrogens (tertiary/aromatic N) is 6. The molecule has 5 aliphatic rings. The summed E-state index contributed by atoms with van der Waals surface area (Å²) >= 11 is 1.80. The van der Waals surface area contributed by atoms with Gasteiger partial charge in [0.15, 0.2) is 24.2 Å². The number of allylic oxidation sites excluding steroid dienone is 2. The smallest absolute Gasteiger partial charge is 0.512 e. The molecule has 643 valence electrons. The van der Waals surface area contributed by atoms with Crippen LogP contribution in [-0.4, -0.2) is 25.4 Å². The van der Waals surface area contributed by atoms with Crippen molar-refractivity contribution < 1.29 is 77.9 Å². The Hall–Kier alpha value is -13.4. The Labute approximate surface area is 816 Å².